The van der Waals surface area contributed by atoms with Gasteiger partial charge in [0.05, 0.1) is 24.9 Å². The summed E-state index contributed by atoms with van der Waals surface area (Å²) in [5.41, 5.74) is 0.621. The molecule has 2 aliphatic carbocycles. The van der Waals surface area contributed by atoms with Gasteiger partial charge in [-0.1, -0.05) is 18.7 Å². The van der Waals surface area contributed by atoms with E-state index in [4.69, 9.17) is 9.47 Å². The predicted molar refractivity (Wildman–Crippen MR) is 131 cm³/mol. The highest BCUT2D eigenvalue weighted by atomic mass is 19.1. The molecule has 0 aliphatic heterocycles. The van der Waals surface area contributed by atoms with E-state index in [0.717, 1.165) is 43.2 Å². The normalized spacial score (nSPS) is 27.0. The number of ether oxygens (including phenoxy) is 2. The highest BCUT2D eigenvalue weighted by molar-refractivity contribution is 6.58. The van der Waals surface area contributed by atoms with Gasteiger partial charge in [0.2, 0.25) is 0 Å². The van der Waals surface area contributed by atoms with Crippen LogP contribution in [-0.2, 0) is 21.5 Å². The highest BCUT2D eigenvalue weighted by Crippen LogP contribution is 2.59. The largest absolute Gasteiger partial charge is 0.493 e. The fourth-order valence-electron chi connectivity index (χ4n) is 5.36. The lowest BCUT2D eigenvalue weighted by Crippen LogP contribution is -2.56. The number of benzene rings is 1. The topological polar surface area (TPSA) is 47.6 Å². The molecule has 0 aromatic heterocycles. The standard InChI is InChI=1S/C23H32B3F2NO3/c1-3-22(29-20(30)15(2)28)19-13-18(31-12-4-11-27)6-5-16(19)14-21(22)9-7-17(8-10-21)32-23(24,25)26/h3,5-6,13,17H,1-2,4,7-12,14,24-26H2,(H,29,30)/t17-,21-,22?. The molecule has 0 saturated heterocycles. The van der Waals surface area contributed by atoms with Crippen LogP contribution in [0, 0.1) is 5.41 Å². The number of fused-ring (bicyclic) bond motifs is 1. The maximum absolute atomic E-state index is 13.8. The molecule has 1 aromatic rings. The van der Waals surface area contributed by atoms with E-state index >= 15 is 0 Å². The second-order valence-corrected chi connectivity index (χ2v) is 9.97. The quantitative estimate of drug-likeness (QED) is 0.273. The number of carbonyl (C=O) groups excluding carboxylic acids is 1. The Bertz CT molecular complexity index is 882. The van der Waals surface area contributed by atoms with Crippen molar-refractivity contribution in [3.05, 3.63) is 54.4 Å². The van der Waals surface area contributed by atoms with Gasteiger partial charge in [0.1, 0.15) is 29.3 Å². The Labute approximate surface area is 192 Å². The van der Waals surface area contributed by atoms with Crippen LogP contribution in [0.4, 0.5) is 8.78 Å². The van der Waals surface area contributed by atoms with Gasteiger partial charge in [-0.15, -0.1) is 6.58 Å². The van der Waals surface area contributed by atoms with Crippen LogP contribution in [0.15, 0.2) is 43.3 Å². The van der Waals surface area contributed by atoms with Crippen molar-refractivity contribution >= 4 is 29.4 Å². The second kappa shape index (κ2) is 9.46. The Morgan fingerprint density at radius 1 is 1.31 bits per heavy atom. The van der Waals surface area contributed by atoms with E-state index < -0.39 is 23.9 Å². The van der Waals surface area contributed by atoms with Gasteiger partial charge in [0, 0.05) is 11.8 Å². The van der Waals surface area contributed by atoms with Crippen LogP contribution >= 0.6 is 0 Å². The van der Waals surface area contributed by atoms with Gasteiger partial charge in [-0.3, -0.25) is 9.18 Å². The summed E-state index contributed by atoms with van der Waals surface area (Å²) in [6.45, 7) is 7.07. The van der Waals surface area contributed by atoms with E-state index in [1.807, 2.05) is 41.7 Å². The third-order valence-corrected chi connectivity index (χ3v) is 6.69. The van der Waals surface area contributed by atoms with Gasteiger partial charge in [0.15, 0.2) is 5.83 Å². The average Bonchev–Trinajstić information content (AvgIpc) is 2.98. The van der Waals surface area contributed by atoms with Gasteiger partial charge < -0.3 is 14.8 Å². The summed E-state index contributed by atoms with van der Waals surface area (Å²) in [4.78, 5) is 12.5. The number of rotatable bonds is 9. The minimum Gasteiger partial charge on any atom is -0.493 e. The Morgan fingerprint density at radius 3 is 2.56 bits per heavy atom. The van der Waals surface area contributed by atoms with Gasteiger partial charge in [0.25, 0.3) is 5.91 Å². The van der Waals surface area contributed by atoms with Crippen molar-refractivity contribution in [2.24, 2.45) is 5.41 Å². The summed E-state index contributed by atoms with van der Waals surface area (Å²) >= 11 is 0. The van der Waals surface area contributed by atoms with E-state index in [1.54, 1.807) is 6.08 Å². The summed E-state index contributed by atoms with van der Waals surface area (Å²) in [6, 6.07) is 5.73. The van der Waals surface area contributed by atoms with Crippen LogP contribution in [0.2, 0.25) is 0 Å². The SMILES string of the molecule is BC(B)(B)O[C@H]1CC[C@]2(CC1)Cc1ccc(OCCCF)cc1C2(C=C)NC(=O)C(=C)F. The maximum Gasteiger partial charge on any atom is 0.280 e. The molecule has 1 amide bonds. The molecular formula is C23H32B3F2NO3. The summed E-state index contributed by atoms with van der Waals surface area (Å²) in [5.74, 6) is -1.28. The zero-order valence-electron chi connectivity index (χ0n) is 19.4. The lowest BCUT2D eigenvalue weighted by atomic mass is 9.52. The van der Waals surface area contributed by atoms with E-state index in [1.165, 1.54) is 0 Å². The Balaban J connectivity index is 1.97. The van der Waals surface area contributed by atoms with Crippen LogP contribution in [0.1, 0.15) is 43.2 Å². The van der Waals surface area contributed by atoms with Gasteiger partial charge >= 0.3 is 0 Å². The Kier molecular flexibility index (Phi) is 7.28. The Morgan fingerprint density at radius 2 is 2.00 bits per heavy atom. The van der Waals surface area contributed by atoms with Gasteiger partial charge in [-0.2, -0.15) is 0 Å². The number of carbonyl (C=O) groups is 1. The Hall–Kier alpha value is -2.02. The molecule has 3 rings (SSSR count). The number of halogens is 2. The fraction of sp³-hybridized carbons (Fsp3) is 0.522. The first-order valence-corrected chi connectivity index (χ1v) is 11.4. The van der Waals surface area contributed by atoms with Crippen molar-refractivity contribution in [2.75, 3.05) is 13.3 Å². The number of hydrogen-bond acceptors (Lipinski definition) is 3. The van der Waals surface area contributed by atoms with Crippen LogP contribution < -0.4 is 10.1 Å². The lowest BCUT2D eigenvalue weighted by molar-refractivity contribution is -0.122. The number of amides is 1. The minimum absolute atomic E-state index is 0.137. The van der Waals surface area contributed by atoms with Crippen molar-refractivity contribution in [1.82, 2.24) is 5.32 Å². The molecule has 1 spiro atoms. The monoisotopic (exact) mass is 441 g/mol. The van der Waals surface area contributed by atoms with Crippen LogP contribution in [-0.4, -0.2) is 54.1 Å². The molecule has 1 fully saturated rings. The molecule has 1 atom stereocenters. The summed E-state index contributed by atoms with van der Waals surface area (Å²) < 4.78 is 38.2. The lowest BCUT2D eigenvalue weighted by Gasteiger charge is -2.49. The maximum atomic E-state index is 13.8. The zero-order chi connectivity index (χ0) is 23.6. The second-order valence-electron chi connectivity index (χ2n) is 9.97. The van der Waals surface area contributed by atoms with Crippen molar-refractivity contribution in [2.45, 2.75) is 55.5 Å². The first-order valence-electron chi connectivity index (χ1n) is 11.4. The van der Waals surface area contributed by atoms with Crippen LogP contribution in [0.25, 0.3) is 0 Å². The van der Waals surface area contributed by atoms with Gasteiger partial charge in [-0.25, -0.2) is 4.39 Å². The van der Waals surface area contributed by atoms with E-state index in [2.05, 4.69) is 18.5 Å². The third-order valence-electron chi connectivity index (χ3n) is 6.69. The number of alkyl halides is 1. The van der Waals surface area contributed by atoms with Crippen molar-refractivity contribution in [1.29, 1.82) is 0 Å². The highest BCUT2D eigenvalue weighted by Gasteiger charge is 2.58. The van der Waals surface area contributed by atoms with Crippen LogP contribution in [0.3, 0.4) is 0 Å². The smallest absolute Gasteiger partial charge is 0.280 e. The molecule has 1 unspecified atom stereocenters. The summed E-state index contributed by atoms with van der Waals surface area (Å²) in [6.07, 6.45) is 6.19. The van der Waals surface area contributed by atoms with Gasteiger partial charge in [-0.05, 0) is 60.7 Å². The first-order chi connectivity index (χ1) is 15.1. The van der Waals surface area contributed by atoms with E-state index in [-0.39, 0.29) is 23.4 Å². The predicted octanol–water partition coefficient (Wildman–Crippen LogP) is 1.42. The molecule has 0 heterocycles. The number of nitrogens with one attached hydrogen (secondary N) is 1. The molecule has 1 saturated carbocycles. The minimum atomic E-state index is -1.03. The molecule has 1 aromatic carbocycles. The van der Waals surface area contributed by atoms with E-state index in [9.17, 15) is 13.6 Å². The molecular weight excluding hydrogens is 409 g/mol. The first kappa shape index (κ1) is 24.6. The molecule has 1 N–H and O–H groups in total. The molecule has 0 radical (unpaired) electrons. The van der Waals surface area contributed by atoms with Crippen molar-refractivity contribution < 1.29 is 23.0 Å². The fourth-order valence-corrected chi connectivity index (χ4v) is 5.36. The van der Waals surface area contributed by atoms with Crippen molar-refractivity contribution in [3.63, 3.8) is 0 Å². The zero-order valence-corrected chi connectivity index (χ0v) is 19.4. The summed E-state index contributed by atoms with van der Waals surface area (Å²) in [5, 5.41) is 2.70. The molecule has 4 nitrogen and oxygen atoms in total. The van der Waals surface area contributed by atoms with Crippen molar-refractivity contribution in [3.8, 4) is 5.75 Å². The molecule has 0 bridgehead atoms. The summed E-state index contributed by atoms with van der Waals surface area (Å²) in [7, 11) is 6.15. The van der Waals surface area contributed by atoms with Crippen LogP contribution in [0.5, 0.6) is 5.75 Å². The molecule has 2 aliphatic rings. The third kappa shape index (κ3) is 4.83. The molecule has 32 heavy (non-hydrogen) atoms. The molecule has 9 heteroatoms. The number of hydrogen-bond donors (Lipinski definition) is 1. The average molecular weight is 441 g/mol. The molecule has 170 valence electrons. The van der Waals surface area contributed by atoms with E-state index in [0.29, 0.717) is 12.2 Å².